The molecule has 5 aromatic rings. The predicted octanol–water partition coefficient (Wildman–Crippen LogP) is 7.32. The van der Waals surface area contributed by atoms with Crippen molar-refractivity contribution in [2.45, 2.75) is 65.4 Å². The van der Waals surface area contributed by atoms with Crippen LogP contribution in [0.1, 0.15) is 56.0 Å². The van der Waals surface area contributed by atoms with E-state index in [9.17, 15) is 9.59 Å². The average Bonchev–Trinajstić information content (AvgIpc) is 3.26. The average molecular weight is 799 g/mol. The van der Waals surface area contributed by atoms with E-state index >= 15 is 0 Å². The third kappa shape index (κ3) is 9.54. The van der Waals surface area contributed by atoms with Crippen molar-refractivity contribution < 1.29 is 28.5 Å². The molecule has 12 nitrogen and oxygen atoms in total. The second kappa shape index (κ2) is 17.5. The Bertz CT molecular complexity index is 2230. The number of aromatic nitrogens is 2. The van der Waals surface area contributed by atoms with Crippen molar-refractivity contribution in [3.05, 3.63) is 119 Å². The largest absolute Gasteiger partial charge is 0.489 e. The zero-order valence-electron chi connectivity index (χ0n) is 34.3. The molecule has 0 radical (unpaired) electrons. The molecule has 0 aliphatic carbocycles. The Morgan fingerprint density at radius 1 is 0.797 bits per heavy atom. The Morgan fingerprint density at radius 2 is 1.51 bits per heavy atom. The van der Waals surface area contributed by atoms with E-state index in [0.29, 0.717) is 58.7 Å². The van der Waals surface area contributed by atoms with Crippen LogP contribution in [0.3, 0.4) is 0 Å². The number of carbonyl (C=O) groups excluding carboxylic acids is 2. The zero-order chi connectivity index (χ0) is 40.8. The van der Waals surface area contributed by atoms with Gasteiger partial charge in [0.25, 0.3) is 0 Å². The second-order valence-corrected chi connectivity index (χ2v) is 16.7. The monoisotopic (exact) mass is 798 g/mol. The molecule has 8 rings (SSSR count). The summed E-state index contributed by atoms with van der Waals surface area (Å²) < 4.78 is 24.5. The van der Waals surface area contributed by atoms with Gasteiger partial charge in [-0.2, -0.15) is 9.97 Å². The highest BCUT2D eigenvalue weighted by atomic mass is 16.6. The molecule has 0 saturated carbocycles. The van der Waals surface area contributed by atoms with Crippen LogP contribution >= 0.6 is 0 Å². The van der Waals surface area contributed by atoms with E-state index in [0.717, 1.165) is 69.9 Å². The number of ether oxygens (including phenoxy) is 4. The highest BCUT2D eigenvalue weighted by Gasteiger charge is 2.44. The van der Waals surface area contributed by atoms with Crippen LogP contribution in [0.25, 0.3) is 10.8 Å². The molecule has 1 atom stereocenters. The lowest BCUT2D eigenvalue weighted by atomic mass is 9.81. The van der Waals surface area contributed by atoms with Crippen LogP contribution in [0, 0.1) is 5.41 Å². The summed E-state index contributed by atoms with van der Waals surface area (Å²) in [5, 5.41) is 5.62. The Hall–Kier alpha value is -5.88. The molecule has 2 saturated heterocycles. The maximum absolute atomic E-state index is 13.7. The molecule has 3 aliphatic rings. The van der Waals surface area contributed by atoms with Gasteiger partial charge in [0.1, 0.15) is 42.4 Å². The van der Waals surface area contributed by atoms with Crippen LogP contribution < -0.4 is 24.6 Å². The number of nitrogens with zero attached hydrogens (tertiary/aromatic N) is 5. The van der Waals surface area contributed by atoms with Gasteiger partial charge in [0.15, 0.2) is 0 Å². The third-order valence-electron chi connectivity index (χ3n) is 11.2. The third-order valence-corrected chi connectivity index (χ3v) is 11.2. The highest BCUT2D eigenvalue weighted by molar-refractivity contribution is 5.96. The topological polar surface area (TPSA) is 119 Å². The Morgan fingerprint density at radius 3 is 2.22 bits per heavy atom. The summed E-state index contributed by atoms with van der Waals surface area (Å²) in [7, 11) is 0. The zero-order valence-corrected chi connectivity index (χ0v) is 34.3. The van der Waals surface area contributed by atoms with Gasteiger partial charge in [-0.05, 0) is 69.2 Å². The summed E-state index contributed by atoms with van der Waals surface area (Å²) >= 11 is 0. The minimum absolute atomic E-state index is 0.0866. The van der Waals surface area contributed by atoms with E-state index in [2.05, 4.69) is 63.6 Å². The van der Waals surface area contributed by atoms with Crippen molar-refractivity contribution in [1.29, 1.82) is 0 Å². The fourth-order valence-corrected chi connectivity index (χ4v) is 8.09. The first-order chi connectivity index (χ1) is 28.6. The van der Waals surface area contributed by atoms with E-state index in [1.807, 2.05) is 69.3 Å². The van der Waals surface area contributed by atoms with Crippen LogP contribution in [-0.2, 0) is 40.4 Å². The minimum atomic E-state index is -0.873. The molecule has 0 unspecified atom stereocenters. The van der Waals surface area contributed by atoms with Gasteiger partial charge < -0.3 is 39.0 Å². The van der Waals surface area contributed by atoms with Crippen LogP contribution in [-0.4, -0.2) is 85.0 Å². The van der Waals surface area contributed by atoms with Crippen LogP contribution in [0.5, 0.6) is 11.8 Å². The number of anilines is 2. The second-order valence-electron chi connectivity index (χ2n) is 16.7. The summed E-state index contributed by atoms with van der Waals surface area (Å²) in [6.45, 7) is 11.1. The number of fused-ring (bicyclic) bond motifs is 2. The van der Waals surface area contributed by atoms with Crippen LogP contribution in [0.15, 0.2) is 97.1 Å². The Labute approximate surface area is 346 Å². The molecule has 0 bridgehead atoms. The summed E-state index contributed by atoms with van der Waals surface area (Å²) in [6, 6.07) is 32.8. The van der Waals surface area contributed by atoms with Gasteiger partial charge in [-0.15, -0.1) is 0 Å². The van der Waals surface area contributed by atoms with Crippen molar-refractivity contribution in [2.75, 3.05) is 62.2 Å². The maximum atomic E-state index is 13.7. The first-order valence-corrected chi connectivity index (χ1v) is 20.7. The Balaban J connectivity index is 1.06. The lowest BCUT2D eigenvalue weighted by Crippen LogP contribution is -2.51. The van der Waals surface area contributed by atoms with Crippen LogP contribution in [0.4, 0.5) is 16.3 Å². The van der Waals surface area contributed by atoms with Crippen molar-refractivity contribution in [2.24, 2.45) is 5.41 Å². The molecule has 59 heavy (non-hydrogen) atoms. The summed E-state index contributed by atoms with van der Waals surface area (Å²) in [6.07, 6.45) is 1.85. The Kier molecular flexibility index (Phi) is 11.9. The lowest BCUT2D eigenvalue weighted by Gasteiger charge is -2.38. The lowest BCUT2D eigenvalue weighted by molar-refractivity contribution is -0.171. The van der Waals surface area contributed by atoms with E-state index in [1.165, 1.54) is 0 Å². The number of hydrogen-bond acceptors (Lipinski definition) is 11. The maximum Gasteiger partial charge on any atom is 0.410 e. The smallest absolute Gasteiger partial charge is 0.410 e. The van der Waals surface area contributed by atoms with Crippen molar-refractivity contribution in [1.82, 2.24) is 20.2 Å². The molecule has 308 valence electrons. The number of benzene rings is 4. The number of carbonyl (C=O) groups is 2. The molecule has 3 aliphatic heterocycles. The molecular formula is C47H54N6O6. The van der Waals surface area contributed by atoms with Crippen molar-refractivity contribution in [3.8, 4) is 11.8 Å². The van der Waals surface area contributed by atoms with Gasteiger partial charge >= 0.3 is 18.1 Å². The molecule has 12 heteroatoms. The van der Waals surface area contributed by atoms with Gasteiger partial charge in [0.2, 0.25) is 0 Å². The minimum Gasteiger partial charge on any atom is -0.489 e. The van der Waals surface area contributed by atoms with E-state index in [-0.39, 0.29) is 31.3 Å². The number of rotatable bonds is 11. The summed E-state index contributed by atoms with van der Waals surface area (Å²) in [5.41, 5.74) is 3.55. The number of amides is 1. The standard InChI is InChI=1S/C47H54N6O6/c1-46(2,3)59-43(54)47(20-12-21-48-32-47)33-58-44-49-40-29-53(41-28-37(27-36-17-10-11-18-38(36)41)56-30-34-13-6-4-7-14-34)22-19-39(40)42(50-44)51-23-25-52(26-24-51)45(55)57-31-35-15-8-5-9-16-35/h4-11,13-18,27-28,48H,12,19-26,29-33H2,1-3H3/t47-/m1/s1. The summed E-state index contributed by atoms with van der Waals surface area (Å²) in [5.74, 6) is 1.33. The van der Waals surface area contributed by atoms with Gasteiger partial charge in [0.05, 0.1) is 12.2 Å². The summed E-state index contributed by atoms with van der Waals surface area (Å²) in [4.78, 5) is 43.3. The normalized spacial score (nSPS) is 18.3. The highest BCUT2D eigenvalue weighted by Crippen LogP contribution is 2.38. The number of piperazine rings is 1. The quantitative estimate of drug-likeness (QED) is 0.136. The van der Waals surface area contributed by atoms with Crippen molar-refractivity contribution >= 4 is 34.3 Å². The predicted molar refractivity (Wildman–Crippen MR) is 228 cm³/mol. The first-order valence-electron chi connectivity index (χ1n) is 20.7. The molecule has 1 N–H and O–H groups in total. The van der Waals surface area contributed by atoms with Crippen LogP contribution in [0.2, 0.25) is 0 Å². The fraction of sp³-hybridized carbons (Fsp3) is 0.404. The van der Waals surface area contributed by atoms with Gasteiger partial charge in [-0.25, -0.2) is 4.79 Å². The molecule has 4 aromatic carbocycles. The first kappa shape index (κ1) is 39.9. The van der Waals surface area contributed by atoms with E-state index < -0.39 is 11.0 Å². The van der Waals surface area contributed by atoms with Crippen molar-refractivity contribution in [3.63, 3.8) is 0 Å². The van der Waals surface area contributed by atoms with Gasteiger partial charge in [0, 0.05) is 62.0 Å². The van der Waals surface area contributed by atoms with Gasteiger partial charge in [-0.3, -0.25) is 4.79 Å². The number of nitrogens with one attached hydrogen (secondary N) is 1. The van der Waals surface area contributed by atoms with Gasteiger partial charge in [-0.1, -0.05) is 84.9 Å². The number of esters is 1. The molecule has 4 heterocycles. The number of piperidine rings is 1. The fourth-order valence-electron chi connectivity index (χ4n) is 8.09. The van der Waals surface area contributed by atoms with E-state index in [4.69, 9.17) is 28.9 Å². The molecule has 2 fully saturated rings. The molecule has 1 aromatic heterocycles. The molecular weight excluding hydrogens is 745 g/mol. The SMILES string of the molecule is CC(C)(C)OC(=O)[C@]1(COc2nc3c(c(N4CCN(C(=O)OCc5ccccc5)CC4)n2)CCN(c2cc(OCc4ccccc4)cc4ccccc24)C3)CCCNC1. The number of hydrogen-bond donors (Lipinski definition) is 1. The molecule has 1 amide bonds. The van der Waals surface area contributed by atoms with E-state index in [1.54, 1.807) is 4.90 Å². The molecule has 0 spiro atoms.